The Balaban J connectivity index is 1.82. The molecule has 1 aliphatic heterocycles. The number of alkyl halides is 3. The molecule has 0 aliphatic carbocycles. The Kier molecular flexibility index (Phi) is 4.91. The molecular weight excluding hydrogens is 361 g/mol. The smallest absolute Gasteiger partial charge is 0.300 e. The summed E-state index contributed by atoms with van der Waals surface area (Å²) in [6, 6.07) is 10.5. The van der Waals surface area contributed by atoms with Gasteiger partial charge in [0.1, 0.15) is 0 Å². The molecule has 134 valence electrons. The molecule has 0 unspecified atom stereocenters. The summed E-state index contributed by atoms with van der Waals surface area (Å²) in [6.45, 7) is 3.89. The maximum atomic E-state index is 12.6. The first kappa shape index (κ1) is 18.3. The van der Waals surface area contributed by atoms with Crippen LogP contribution in [0.1, 0.15) is 22.3 Å². The van der Waals surface area contributed by atoms with Crippen LogP contribution in [0.2, 0.25) is 0 Å². The molecule has 1 heterocycles. The zero-order valence-electron chi connectivity index (χ0n) is 14.0. The van der Waals surface area contributed by atoms with Crippen molar-refractivity contribution in [3.05, 3.63) is 69.6 Å². The second-order valence-corrected chi connectivity index (χ2v) is 6.92. The monoisotopic (exact) mass is 376 g/mol. The van der Waals surface area contributed by atoms with Crippen molar-refractivity contribution in [2.24, 2.45) is 4.99 Å². The van der Waals surface area contributed by atoms with Crippen molar-refractivity contribution in [2.45, 2.75) is 20.0 Å². The van der Waals surface area contributed by atoms with Gasteiger partial charge < -0.3 is 5.32 Å². The molecule has 26 heavy (non-hydrogen) atoms. The van der Waals surface area contributed by atoms with Crippen molar-refractivity contribution in [2.75, 3.05) is 0 Å². The summed E-state index contributed by atoms with van der Waals surface area (Å²) in [6.07, 6.45) is -2.83. The molecule has 0 atom stereocenters. The number of carbonyl (C=O) groups excluding carboxylic acids is 1. The normalized spacial score (nSPS) is 17.8. The molecular formula is C19H15F3N2OS. The van der Waals surface area contributed by atoms with Gasteiger partial charge in [-0.25, -0.2) is 4.99 Å². The lowest BCUT2D eigenvalue weighted by atomic mass is 10.1. The molecule has 1 N–H and O–H groups in total. The van der Waals surface area contributed by atoms with E-state index in [2.05, 4.69) is 10.3 Å². The summed E-state index contributed by atoms with van der Waals surface area (Å²) in [5, 5.41) is 3.13. The number of aliphatic imine (C=N–C) groups is 1. The molecule has 1 fully saturated rings. The van der Waals surface area contributed by atoms with E-state index in [1.165, 1.54) is 12.1 Å². The Morgan fingerprint density at radius 2 is 1.77 bits per heavy atom. The van der Waals surface area contributed by atoms with Crippen LogP contribution < -0.4 is 5.32 Å². The number of thioether (sulfide) groups is 1. The third-order valence-corrected chi connectivity index (χ3v) is 4.68. The Bertz CT molecular complexity index is 915. The Morgan fingerprint density at radius 1 is 1.08 bits per heavy atom. The van der Waals surface area contributed by atoms with Gasteiger partial charge in [0.25, 0.3) is 5.91 Å². The molecule has 1 amide bonds. The minimum atomic E-state index is -4.38. The van der Waals surface area contributed by atoms with Crippen LogP contribution >= 0.6 is 11.8 Å². The Morgan fingerprint density at radius 3 is 2.42 bits per heavy atom. The standard InChI is InChI=1S/C19H15F3N2OS/c1-11-3-4-12(2)15(9-11)23-18-24-17(25)16(26-18)10-13-5-7-14(8-6-13)19(20,21)22/h3-10H,1-2H3,(H,23,24,25)/b16-10+. The van der Waals surface area contributed by atoms with E-state index < -0.39 is 11.7 Å². The van der Waals surface area contributed by atoms with Gasteiger partial charge in [-0.15, -0.1) is 0 Å². The fourth-order valence-electron chi connectivity index (χ4n) is 2.35. The lowest BCUT2D eigenvalue weighted by Gasteiger charge is -2.06. The van der Waals surface area contributed by atoms with E-state index in [9.17, 15) is 18.0 Å². The van der Waals surface area contributed by atoms with Gasteiger partial charge >= 0.3 is 6.18 Å². The van der Waals surface area contributed by atoms with Crippen LogP contribution in [0.4, 0.5) is 18.9 Å². The highest BCUT2D eigenvalue weighted by atomic mass is 32.2. The number of rotatable bonds is 2. The molecule has 0 aromatic heterocycles. The summed E-state index contributed by atoms with van der Waals surface area (Å²) in [5.41, 5.74) is 2.61. The highest BCUT2D eigenvalue weighted by molar-refractivity contribution is 8.18. The van der Waals surface area contributed by atoms with E-state index >= 15 is 0 Å². The predicted molar refractivity (Wildman–Crippen MR) is 98.2 cm³/mol. The summed E-state index contributed by atoms with van der Waals surface area (Å²) in [7, 11) is 0. The number of aryl methyl sites for hydroxylation is 2. The highest BCUT2D eigenvalue weighted by Gasteiger charge is 2.30. The second-order valence-electron chi connectivity index (χ2n) is 5.89. The first-order valence-electron chi connectivity index (χ1n) is 7.76. The van der Waals surface area contributed by atoms with Crippen LogP contribution in [0, 0.1) is 13.8 Å². The van der Waals surface area contributed by atoms with Crippen molar-refractivity contribution in [1.82, 2.24) is 5.32 Å². The number of nitrogens with one attached hydrogen (secondary N) is 1. The van der Waals surface area contributed by atoms with Gasteiger partial charge in [0.2, 0.25) is 0 Å². The first-order valence-corrected chi connectivity index (χ1v) is 8.58. The van der Waals surface area contributed by atoms with Crippen molar-refractivity contribution < 1.29 is 18.0 Å². The molecule has 0 saturated carbocycles. The molecule has 7 heteroatoms. The lowest BCUT2D eigenvalue weighted by molar-refractivity contribution is -0.137. The fraction of sp³-hybridized carbons (Fsp3) is 0.158. The summed E-state index contributed by atoms with van der Waals surface area (Å²) >= 11 is 1.16. The molecule has 1 saturated heterocycles. The number of nitrogens with zero attached hydrogens (tertiary/aromatic N) is 1. The zero-order valence-corrected chi connectivity index (χ0v) is 14.8. The minimum absolute atomic E-state index is 0.320. The van der Waals surface area contributed by atoms with Crippen LogP contribution in [0.5, 0.6) is 0 Å². The van der Waals surface area contributed by atoms with Gasteiger partial charge in [0.15, 0.2) is 5.17 Å². The molecule has 0 radical (unpaired) electrons. The van der Waals surface area contributed by atoms with Crippen LogP contribution in [-0.4, -0.2) is 11.1 Å². The SMILES string of the molecule is Cc1ccc(C)c(N=C2NC(=O)/C(=C\c3ccc(C(F)(F)F)cc3)S2)c1. The molecule has 2 aromatic rings. The van der Waals surface area contributed by atoms with Crippen molar-refractivity contribution in [1.29, 1.82) is 0 Å². The predicted octanol–water partition coefficient (Wildman–Crippen LogP) is 5.21. The van der Waals surface area contributed by atoms with E-state index in [1.54, 1.807) is 6.08 Å². The lowest BCUT2D eigenvalue weighted by Crippen LogP contribution is -2.19. The number of hydrogen-bond donors (Lipinski definition) is 1. The molecule has 3 nitrogen and oxygen atoms in total. The van der Waals surface area contributed by atoms with Crippen molar-refractivity contribution >= 4 is 34.6 Å². The zero-order chi connectivity index (χ0) is 18.9. The molecule has 0 bridgehead atoms. The van der Waals surface area contributed by atoms with E-state index in [1.807, 2.05) is 32.0 Å². The van der Waals surface area contributed by atoms with Crippen molar-refractivity contribution in [3.63, 3.8) is 0 Å². The van der Waals surface area contributed by atoms with E-state index in [4.69, 9.17) is 0 Å². The number of halogens is 3. The number of amides is 1. The topological polar surface area (TPSA) is 41.5 Å². The number of hydrogen-bond acceptors (Lipinski definition) is 3. The Labute approximate surface area is 153 Å². The summed E-state index contributed by atoms with van der Waals surface area (Å²) in [4.78, 5) is 16.9. The van der Waals surface area contributed by atoms with Gasteiger partial charge in [-0.05, 0) is 66.6 Å². The molecule has 0 spiro atoms. The quantitative estimate of drug-likeness (QED) is 0.731. The molecule has 2 aromatic carbocycles. The number of benzene rings is 2. The van der Waals surface area contributed by atoms with Gasteiger partial charge in [-0.1, -0.05) is 24.3 Å². The van der Waals surface area contributed by atoms with Crippen LogP contribution in [-0.2, 0) is 11.0 Å². The second kappa shape index (κ2) is 6.99. The summed E-state index contributed by atoms with van der Waals surface area (Å²) < 4.78 is 37.8. The number of amidine groups is 1. The van der Waals surface area contributed by atoms with Gasteiger partial charge in [0, 0.05) is 0 Å². The average Bonchev–Trinajstić information content (AvgIpc) is 2.90. The van der Waals surface area contributed by atoms with E-state index in [0.717, 1.165) is 40.7 Å². The van der Waals surface area contributed by atoms with Gasteiger partial charge in [0.05, 0.1) is 16.2 Å². The third kappa shape index (κ3) is 4.16. The minimum Gasteiger partial charge on any atom is -0.300 e. The third-order valence-electron chi connectivity index (χ3n) is 3.77. The summed E-state index contributed by atoms with van der Waals surface area (Å²) in [5.74, 6) is -0.320. The molecule has 1 aliphatic rings. The van der Waals surface area contributed by atoms with Crippen LogP contribution in [0.25, 0.3) is 6.08 Å². The Hall–Kier alpha value is -2.54. The number of carbonyl (C=O) groups is 1. The van der Waals surface area contributed by atoms with Gasteiger partial charge in [-0.3, -0.25) is 4.79 Å². The molecule has 3 rings (SSSR count). The first-order chi connectivity index (χ1) is 12.2. The average molecular weight is 376 g/mol. The van der Waals surface area contributed by atoms with Crippen molar-refractivity contribution in [3.8, 4) is 0 Å². The maximum Gasteiger partial charge on any atom is 0.416 e. The van der Waals surface area contributed by atoms with E-state index in [-0.39, 0.29) is 5.91 Å². The van der Waals surface area contributed by atoms with Crippen LogP contribution in [0.3, 0.4) is 0 Å². The van der Waals surface area contributed by atoms with Crippen LogP contribution in [0.15, 0.2) is 52.4 Å². The largest absolute Gasteiger partial charge is 0.416 e. The maximum absolute atomic E-state index is 12.6. The van der Waals surface area contributed by atoms with E-state index in [0.29, 0.717) is 15.6 Å². The highest BCUT2D eigenvalue weighted by Crippen LogP contribution is 2.31. The van der Waals surface area contributed by atoms with Gasteiger partial charge in [-0.2, -0.15) is 13.2 Å². The fourth-order valence-corrected chi connectivity index (χ4v) is 3.18.